The van der Waals surface area contributed by atoms with Gasteiger partial charge in [0.2, 0.25) is 0 Å². The Bertz CT molecular complexity index is 228. The molecule has 0 aliphatic rings. The van der Waals surface area contributed by atoms with Crippen molar-refractivity contribution in [2.75, 3.05) is 0 Å². The molecule has 0 radical (unpaired) electrons. The topological polar surface area (TPSA) is 26.3 Å². The fourth-order valence-electron chi connectivity index (χ4n) is 0.329. The lowest BCUT2D eigenvalue weighted by molar-refractivity contribution is -0.206. The van der Waals surface area contributed by atoms with Gasteiger partial charge in [0, 0.05) is 0 Å². The quantitative estimate of drug-likeness (QED) is 0.384. The maximum absolute atomic E-state index is 12.0. The summed E-state index contributed by atoms with van der Waals surface area (Å²) in [5.74, 6) is -1.23. The third-order valence-corrected chi connectivity index (χ3v) is 0.845. The van der Waals surface area contributed by atoms with Gasteiger partial charge in [0.05, 0.1) is 0 Å². The van der Waals surface area contributed by atoms with Crippen LogP contribution in [-0.2, 0) is 9.53 Å². The lowest BCUT2D eigenvalue weighted by Gasteiger charge is -2.11. The Morgan fingerprint density at radius 1 is 1.38 bits per heavy atom. The second-order valence-electron chi connectivity index (χ2n) is 1.82. The van der Waals surface area contributed by atoms with Gasteiger partial charge in [-0.05, 0) is 5.92 Å². The molecule has 0 aliphatic carbocycles. The van der Waals surface area contributed by atoms with Crippen LogP contribution in [0.15, 0.2) is 0 Å². The van der Waals surface area contributed by atoms with E-state index in [0.29, 0.717) is 0 Å². The van der Waals surface area contributed by atoms with E-state index >= 15 is 0 Å². The van der Waals surface area contributed by atoms with Crippen LogP contribution in [0.4, 0.5) is 22.0 Å². The minimum Gasteiger partial charge on any atom is -0.417 e. The van der Waals surface area contributed by atoms with Crippen LogP contribution in [0.2, 0.25) is 0 Å². The number of carbonyl (C=O) groups is 1. The Hall–Kier alpha value is -1.32. The van der Waals surface area contributed by atoms with Gasteiger partial charge in [-0.25, -0.2) is 9.18 Å². The third-order valence-electron chi connectivity index (χ3n) is 0.845. The average molecular weight is 202 g/mol. The predicted octanol–water partition coefficient (Wildman–Crippen LogP) is 1.36. The van der Waals surface area contributed by atoms with E-state index in [1.807, 2.05) is 0 Å². The lowest BCUT2D eigenvalue weighted by Crippen LogP contribution is -2.35. The van der Waals surface area contributed by atoms with E-state index < -0.39 is 24.7 Å². The fraction of sp³-hybridized carbons (Fsp3) is 0.500. The number of hydrogen-bond acceptors (Lipinski definition) is 2. The van der Waals surface area contributed by atoms with E-state index in [4.69, 9.17) is 0 Å². The molecule has 0 N–H and O–H groups in total. The summed E-state index contributed by atoms with van der Waals surface area (Å²) in [4.78, 5) is 10.1. The van der Waals surface area contributed by atoms with Crippen molar-refractivity contribution in [2.45, 2.75) is 18.7 Å². The first-order chi connectivity index (χ1) is 5.79. The summed E-state index contributed by atoms with van der Waals surface area (Å²) in [6.07, 6.45) is -7.64. The Morgan fingerprint density at radius 2 is 1.85 bits per heavy atom. The number of terminal acetylenes is 1. The Morgan fingerprint density at radius 3 is 2.15 bits per heavy atom. The van der Waals surface area contributed by atoms with E-state index in [-0.39, 0.29) is 0 Å². The summed E-state index contributed by atoms with van der Waals surface area (Å²) in [7, 11) is 0. The molecule has 2 atom stereocenters. The van der Waals surface area contributed by atoms with Crippen molar-refractivity contribution in [1.82, 2.24) is 0 Å². The molecule has 0 aromatic carbocycles. The molecule has 0 saturated heterocycles. The number of rotatable bonds is 2. The number of ether oxygens (including phenoxy) is 1. The van der Waals surface area contributed by atoms with Crippen LogP contribution in [0.25, 0.3) is 0 Å². The van der Waals surface area contributed by atoms with Gasteiger partial charge in [-0.3, -0.25) is 0 Å². The van der Waals surface area contributed by atoms with Crippen LogP contribution in [0, 0.1) is 12.3 Å². The summed E-state index contributed by atoms with van der Waals surface area (Å²) >= 11 is 0. The van der Waals surface area contributed by atoms with Crippen LogP contribution in [0.3, 0.4) is 0 Å². The zero-order valence-corrected chi connectivity index (χ0v) is 5.94. The van der Waals surface area contributed by atoms with Crippen LogP contribution >= 0.6 is 0 Å². The molecular weight excluding hydrogens is 199 g/mol. The zero-order valence-electron chi connectivity index (χ0n) is 5.94. The van der Waals surface area contributed by atoms with E-state index in [1.54, 1.807) is 0 Å². The molecule has 0 rings (SSSR count). The molecule has 0 amide bonds. The van der Waals surface area contributed by atoms with E-state index in [1.165, 1.54) is 0 Å². The highest BCUT2D eigenvalue weighted by Gasteiger charge is 2.47. The number of hydrogen-bond donors (Lipinski definition) is 0. The molecule has 2 nitrogen and oxygen atoms in total. The summed E-state index contributed by atoms with van der Waals surface area (Å²) in [5, 5.41) is 0. The maximum atomic E-state index is 12.0. The first kappa shape index (κ1) is 11.7. The molecule has 0 saturated carbocycles. The molecule has 0 heterocycles. The molecule has 74 valence electrons. The highest BCUT2D eigenvalue weighted by atomic mass is 19.4. The molecule has 7 heteroatoms. The Balaban J connectivity index is 4.22. The molecule has 0 spiro atoms. The average Bonchev–Trinajstić information content (AvgIpc) is 2.01. The third kappa shape index (κ3) is 3.73. The first-order valence-electron chi connectivity index (χ1n) is 2.80. The van der Waals surface area contributed by atoms with Gasteiger partial charge in [0.25, 0.3) is 6.17 Å². The largest absolute Gasteiger partial charge is 0.430 e. The van der Waals surface area contributed by atoms with Crippen molar-refractivity contribution < 1.29 is 31.5 Å². The summed E-state index contributed by atoms with van der Waals surface area (Å²) in [6, 6.07) is 0. The molecule has 0 fully saturated rings. The normalized spacial score (nSPS) is 15.7. The second-order valence-corrected chi connectivity index (χ2v) is 1.82. The van der Waals surface area contributed by atoms with Crippen molar-refractivity contribution in [1.29, 1.82) is 0 Å². The van der Waals surface area contributed by atoms with Gasteiger partial charge in [0.15, 0.2) is 0 Å². The van der Waals surface area contributed by atoms with Gasteiger partial charge in [0.1, 0.15) is 0 Å². The first-order valence-corrected chi connectivity index (χ1v) is 2.80. The van der Waals surface area contributed by atoms with Crippen LogP contribution in [-0.4, -0.2) is 24.7 Å². The number of alkyl halides is 5. The molecule has 0 aromatic heterocycles. The number of halogens is 5. The Kier molecular flexibility index (Phi) is 3.66. The molecular formula is C6H3F5O2. The molecule has 0 aliphatic heterocycles. The summed E-state index contributed by atoms with van der Waals surface area (Å²) < 4.78 is 61.3. The fourth-order valence-corrected chi connectivity index (χ4v) is 0.329. The van der Waals surface area contributed by atoms with Crippen LogP contribution < -0.4 is 0 Å². The van der Waals surface area contributed by atoms with Crippen LogP contribution in [0.1, 0.15) is 0 Å². The SMILES string of the molecule is C#CC(F)OC(=O)C(F)C(F)(F)F. The van der Waals surface area contributed by atoms with Gasteiger partial charge >= 0.3 is 18.5 Å². The van der Waals surface area contributed by atoms with Crippen molar-refractivity contribution >= 4 is 5.97 Å². The van der Waals surface area contributed by atoms with Gasteiger partial charge in [-0.15, -0.1) is 6.42 Å². The summed E-state index contributed by atoms with van der Waals surface area (Å²) in [6.45, 7) is 0. The second kappa shape index (κ2) is 4.07. The highest BCUT2D eigenvalue weighted by Crippen LogP contribution is 2.24. The van der Waals surface area contributed by atoms with Crippen molar-refractivity contribution in [2.24, 2.45) is 0 Å². The minimum absolute atomic E-state index is 1.16. The van der Waals surface area contributed by atoms with Gasteiger partial charge in [-0.1, -0.05) is 0 Å². The molecule has 2 unspecified atom stereocenters. The monoisotopic (exact) mass is 202 g/mol. The van der Waals surface area contributed by atoms with E-state index in [2.05, 4.69) is 11.2 Å². The van der Waals surface area contributed by atoms with Gasteiger partial charge in [-0.2, -0.15) is 17.6 Å². The minimum atomic E-state index is -5.41. The maximum Gasteiger partial charge on any atom is 0.430 e. The van der Waals surface area contributed by atoms with Crippen molar-refractivity contribution in [3.05, 3.63) is 0 Å². The molecule has 0 aromatic rings. The standard InChI is InChI=1S/C6H3F5O2/c1-2-3(7)13-5(12)4(8)6(9,10)11/h1,3-4H. The smallest absolute Gasteiger partial charge is 0.417 e. The Labute approximate surface area is 69.7 Å². The lowest BCUT2D eigenvalue weighted by atomic mass is 10.4. The highest BCUT2D eigenvalue weighted by molar-refractivity contribution is 5.75. The van der Waals surface area contributed by atoms with Crippen molar-refractivity contribution in [3.8, 4) is 12.3 Å². The number of carbonyl (C=O) groups excluding carboxylic acids is 1. The molecule has 13 heavy (non-hydrogen) atoms. The van der Waals surface area contributed by atoms with Gasteiger partial charge < -0.3 is 4.74 Å². The summed E-state index contributed by atoms with van der Waals surface area (Å²) in [5.41, 5.74) is 0. The van der Waals surface area contributed by atoms with E-state index in [9.17, 15) is 26.7 Å². The van der Waals surface area contributed by atoms with Crippen molar-refractivity contribution in [3.63, 3.8) is 0 Å². The molecule has 0 bridgehead atoms. The zero-order chi connectivity index (χ0) is 10.6. The number of esters is 1. The van der Waals surface area contributed by atoms with E-state index in [0.717, 1.165) is 5.92 Å². The predicted molar refractivity (Wildman–Crippen MR) is 30.8 cm³/mol. The van der Waals surface area contributed by atoms with Crippen LogP contribution in [0.5, 0.6) is 0 Å².